The van der Waals surface area contributed by atoms with Crippen LogP contribution >= 0.6 is 0 Å². The summed E-state index contributed by atoms with van der Waals surface area (Å²) in [6.07, 6.45) is 1.59. The van der Waals surface area contributed by atoms with E-state index in [9.17, 15) is 4.79 Å². The Morgan fingerprint density at radius 3 is 2.88 bits per heavy atom. The van der Waals surface area contributed by atoms with Crippen molar-refractivity contribution in [2.45, 2.75) is 26.8 Å². The fraction of sp³-hybridized carbons (Fsp3) is 0.316. The van der Waals surface area contributed by atoms with Crippen molar-refractivity contribution in [3.05, 3.63) is 53.5 Å². The smallest absolute Gasteiger partial charge is 0.255 e. The average molecular weight is 338 g/mol. The number of fused-ring (bicyclic) bond motifs is 1. The fourth-order valence-electron chi connectivity index (χ4n) is 2.98. The van der Waals surface area contributed by atoms with E-state index >= 15 is 0 Å². The molecule has 1 amide bonds. The number of amides is 1. The molecule has 1 N–H and O–H groups in total. The van der Waals surface area contributed by atoms with Crippen molar-refractivity contribution >= 4 is 17.1 Å². The number of aromatic amines is 1. The van der Waals surface area contributed by atoms with E-state index in [-0.39, 0.29) is 11.9 Å². The highest BCUT2D eigenvalue weighted by Crippen LogP contribution is 2.25. The molecule has 130 valence electrons. The van der Waals surface area contributed by atoms with Gasteiger partial charge >= 0.3 is 0 Å². The van der Waals surface area contributed by atoms with Crippen molar-refractivity contribution in [3.8, 4) is 5.75 Å². The highest BCUT2D eigenvalue weighted by atomic mass is 16.5. The van der Waals surface area contributed by atoms with Crippen LogP contribution in [-0.4, -0.2) is 39.4 Å². The summed E-state index contributed by atoms with van der Waals surface area (Å²) in [6.45, 7) is 6.45. The van der Waals surface area contributed by atoms with Gasteiger partial charge in [-0.3, -0.25) is 4.79 Å². The summed E-state index contributed by atoms with van der Waals surface area (Å²) in [5.74, 6) is 1.51. The van der Waals surface area contributed by atoms with Gasteiger partial charge in [-0.15, -0.1) is 0 Å². The van der Waals surface area contributed by atoms with Gasteiger partial charge in [0.25, 0.3) is 5.91 Å². The summed E-state index contributed by atoms with van der Waals surface area (Å²) in [7, 11) is 1.64. The standard InChI is InChI=1S/C19H22N4O2/c1-5-23(12(2)14-7-6-8-16(9-14)25-4)19(24)15-10-17-18(20-11-15)22-13(3)21-17/h6-12H,5H2,1-4H3,(H,20,21,22)/t12-/m0/s1. The lowest BCUT2D eigenvalue weighted by Gasteiger charge is -2.28. The number of carbonyl (C=O) groups excluding carboxylic acids is 1. The Morgan fingerprint density at radius 2 is 2.16 bits per heavy atom. The van der Waals surface area contributed by atoms with Crippen LogP contribution in [-0.2, 0) is 0 Å². The first kappa shape index (κ1) is 17.0. The van der Waals surface area contributed by atoms with Gasteiger partial charge < -0.3 is 14.6 Å². The Bertz CT molecular complexity index is 903. The van der Waals surface area contributed by atoms with Gasteiger partial charge in [0.05, 0.1) is 24.2 Å². The van der Waals surface area contributed by atoms with Gasteiger partial charge in [-0.05, 0) is 44.5 Å². The molecular formula is C19H22N4O2. The molecule has 0 unspecified atom stereocenters. The molecule has 0 aliphatic heterocycles. The number of hydrogen-bond acceptors (Lipinski definition) is 4. The summed E-state index contributed by atoms with van der Waals surface area (Å²) in [6, 6.07) is 9.53. The van der Waals surface area contributed by atoms with E-state index in [1.54, 1.807) is 13.3 Å². The van der Waals surface area contributed by atoms with Gasteiger partial charge in [0, 0.05) is 12.7 Å². The van der Waals surface area contributed by atoms with Gasteiger partial charge in [0.1, 0.15) is 11.6 Å². The second-order valence-electron chi connectivity index (χ2n) is 5.96. The van der Waals surface area contributed by atoms with Crippen LogP contribution in [0.5, 0.6) is 5.75 Å². The largest absolute Gasteiger partial charge is 0.497 e. The zero-order chi connectivity index (χ0) is 18.0. The molecule has 0 aliphatic rings. The Labute approximate surface area is 146 Å². The molecule has 0 spiro atoms. The van der Waals surface area contributed by atoms with Crippen molar-refractivity contribution in [1.82, 2.24) is 19.9 Å². The van der Waals surface area contributed by atoms with Gasteiger partial charge in [0.2, 0.25) is 0 Å². The lowest BCUT2D eigenvalue weighted by atomic mass is 10.1. The zero-order valence-electron chi connectivity index (χ0n) is 14.9. The molecular weight excluding hydrogens is 316 g/mol. The van der Waals surface area contributed by atoms with E-state index in [4.69, 9.17) is 4.74 Å². The molecule has 3 rings (SSSR count). The first-order chi connectivity index (χ1) is 12.0. The molecule has 0 aliphatic carbocycles. The number of carbonyl (C=O) groups is 1. The van der Waals surface area contributed by atoms with Crippen LogP contribution in [0, 0.1) is 6.92 Å². The number of pyridine rings is 1. The number of methoxy groups -OCH3 is 1. The lowest BCUT2D eigenvalue weighted by Crippen LogP contribution is -2.33. The van der Waals surface area contributed by atoms with Gasteiger partial charge in [0.15, 0.2) is 5.65 Å². The third-order valence-corrected chi connectivity index (χ3v) is 4.35. The van der Waals surface area contributed by atoms with Crippen LogP contribution in [0.4, 0.5) is 0 Å². The van der Waals surface area contributed by atoms with E-state index in [1.807, 2.05) is 56.0 Å². The molecule has 2 aromatic heterocycles. The van der Waals surface area contributed by atoms with Crippen molar-refractivity contribution in [2.24, 2.45) is 0 Å². The quantitative estimate of drug-likeness (QED) is 0.773. The Hall–Kier alpha value is -2.89. The number of nitrogens with one attached hydrogen (secondary N) is 1. The molecule has 3 aromatic rings. The highest BCUT2D eigenvalue weighted by Gasteiger charge is 2.22. The number of rotatable bonds is 5. The highest BCUT2D eigenvalue weighted by molar-refractivity contribution is 5.96. The fourth-order valence-corrected chi connectivity index (χ4v) is 2.98. The number of aromatic nitrogens is 3. The molecule has 0 fully saturated rings. The van der Waals surface area contributed by atoms with Crippen LogP contribution in [0.1, 0.15) is 41.6 Å². The Balaban J connectivity index is 1.90. The minimum atomic E-state index is -0.0770. The SMILES string of the molecule is CCN(C(=O)c1cnc2nc(C)[nH]c2c1)[C@@H](C)c1cccc(OC)c1. The average Bonchev–Trinajstić information content (AvgIpc) is 3.01. The monoisotopic (exact) mass is 338 g/mol. The number of nitrogens with zero attached hydrogens (tertiary/aromatic N) is 3. The van der Waals surface area contributed by atoms with Gasteiger partial charge in [-0.25, -0.2) is 9.97 Å². The van der Waals surface area contributed by atoms with E-state index in [1.165, 1.54) is 0 Å². The van der Waals surface area contributed by atoms with Crippen LogP contribution in [0.3, 0.4) is 0 Å². The number of hydrogen-bond donors (Lipinski definition) is 1. The van der Waals surface area contributed by atoms with E-state index < -0.39 is 0 Å². The van der Waals surface area contributed by atoms with Gasteiger partial charge in [-0.1, -0.05) is 12.1 Å². The van der Waals surface area contributed by atoms with Crippen LogP contribution in [0.25, 0.3) is 11.2 Å². The Morgan fingerprint density at radius 1 is 1.36 bits per heavy atom. The normalized spacial score (nSPS) is 12.2. The maximum atomic E-state index is 13.0. The summed E-state index contributed by atoms with van der Waals surface area (Å²) in [5, 5.41) is 0. The summed E-state index contributed by atoms with van der Waals surface area (Å²) in [5.41, 5.74) is 2.97. The molecule has 0 bridgehead atoms. The van der Waals surface area contributed by atoms with Crippen LogP contribution in [0.15, 0.2) is 36.5 Å². The molecule has 6 nitrogen and oxygen atoms in total. The number of imidazole rings is 1. The first-order valence-corrected chi connectivity index (χ1v) is 8.30. The third kappa shape index (κ3) is 3.33. The third-order valence-electron chi connectivity index (χ3n) is 4.35. The van der Waals surface area contributed by atoms with Crippen molar-refractivity contribution < 1.29 is 9.53 Å². The first-order valence-electron chi connectivity index (χ1n) is 8.30. The second kappa shape index (κ2) is 6.93. The second-order valence-corrected chi connectivity index (χ2v) is 5.96. The summed E-state index contributed by atoms with van der Waals surface area (Å²) in [4.78, 5) is 26.5. The molecule has 2 heterocycles. The Kier molecular flexibility index (Phi) is 4.70. The van der Waals surface area contributed by atoms with Crippen molar-refractivity contribution in [3.63, 3.8) is 0 Å². The maximum Gasteiger partial charge on any atom is 0.255 e. The molecule has 6 heteroatoms. The van der Waals surface area contributed by atoms with E-state index in [0.29, 0.717) is 17.8 Å². The maximum absolute atomic E-state index is 13.0. The summed E-state index contributed by atoms with van der Waals surface area (Å²) >= 11 is 0. The molecule has 1 atom stereocenters. The van der Waals surface area contributed by atoms with Crippen LogP contribution < -0.4 is 4.74 Å². The number of aryl methyl sites for hydroxylation is 1. The van der Waals surface area contributed by atoms with Crippen LogP contribution in [0.2, 0.25) is 0 Å². The zero-order valence-corrected chi connectivity index (χ0v) is 14.9. The summed E-state index contributed by atoms with van der Waals surface area (Å²) < 4.78 is 5.29. The molecule has 0 radical (unpaired) electrons. The molecule has 25 heavy (non-hydrogen) atoms. The number of H-pyrrole nitrogens is 1. The number of benzene rings is 1. The van der Waals surface area contributed by atoms with Crippen molar-refractivity contribution in [1.29, 1.82) is 0 Å². The lowest BCUT2D eigenvalue weighted by molar-refractivity contribution is 0.0702. The predicted molar refractivity (Wildman–Crippen MR) is 96.7 cm³/mol. The topological polar surface area (TPSA) is 71.1 Å². The number of ether oxygens (including phenoxy) is 1. The van der Waals surface area contributed by atoms with Gasteiger partial charge in [-0.2, -0.15) is 0 Å². The molecule has 1 aromatic carbocycles. The minimum Gasteiger partial charge on any atom is -0.497 e. The molecule has 0 saturated heterocycles. The van der Waals surface area contributed by atoms with Crippen molar-refractivity contribution in [2.75, 3.05) is 13.7 Å². The predicted octanol–water partition coefficient (Wildman–Crippen LogP) is 3.50. The molecule has 0 saturated carbocycles. The van der Waals surface area contributed by atoms with E-state index in [2.05, 4.69) is 15.0 Å². The minimum absolute atomic E-state index is 0.0560. The van der Waals surface area contributed by atoms with E-state index in [0.717, 1.165) is 22.7 Å².